The number of piperazine rings is 1. The first kappa shape index (κ1) is 17.0. The molecule has 4 unspecified atom stereocenters. The Morgan fingerprint density at radius 1 is 1.21 bits per heavy atom. The third-order valence-corrected chi connectivity index (χ3v) is 4.98. The summed E-state index contributed by atoms with van der Waals surface area (Å²) < 4.78 is 0. The average molecular weight is 268 g/mol. The molecule has 114 valence electrons. The van der Waals surface area contributed by atoms with Crippen molar-refractivity contribution in [2.24, 2.45) is 11.3 Å². The Labute approximate surface area is 121 Å². The van der Waals surface area contributed by atoms with Gasteiger partial charge in [0.2, 0.25) is 0 Å². The summed E-state index contributed by atoms with van der Waals surface area (Å²) >= 11 is 0. The van der Waals surface area contributed by atoms with E-state index in [0.717, 1.165) is 12.5 Å². The third-order valence-electron chi connectivity index (χ3n) is 4.98. The zero-order valence-electron chi connectivity index (χ0n) is 14.3. The summed E-state index contributed by atoms with van der Waals surface area (Å²) in [6.45, 7) is 18.9. The number of nitrogens with one attached hydrogen (secondary N) is 1. The molecular weight excluding hydrogens is 232 g/mol. The van der Waals surface area contributed by atoms with Crippen molar-refractivity contribution in [3.8, 4) is 0 Å². The van der Waals surface area contributed by atoms with Crippen molar-refractivity contribution in [2.45, 2.75) is 85.9 Å². The summed E-state index contributed by atoms with van der Waals surface area (Å²) in [5.74, 6) is 0.775. The molecule has 1 N–H and O–H groups in total. The molecule has 1 rings (SSSR count). The van der Waals surface area contributed by atoms with Crippen LogP contribution >= 0.6 is 0 Å². The van der Waals surface area contributed by atoms with Crippen LogP contribution in [0.3, 0.4) is 0 Å². The second-order valence-corrected chi connectivity index (χ2v) is 7.62. The van der Waals surface area contributed by atoms with Crippen LogP contribution in [-0.4, -0.2) is 36.1 Å². The zero-order chi connectivity index (χ0) is 14.6. The van der Waals surface area contributed by atoms with Crippen LogP contribution in [0, 0.1) is 11.3 Å². The first-order chi connectivity index (χ1) is 8.81. The van der Waals surface area contributed by atoms with E-state index in [0.29, 0.717) is 23.5 Å². The smallest absolute Gasteiger partial charge is 0.0272 e. The molecule has 2 nitrogen and oxygen atoms in total. The van der Waals surface area contributed by atoms with Crippen LogP contribution in [0.5, 0.6) is 0 Å². The van der Waals surface area contributed by atoms with Crippen LogP contribution in [0.25, 0.3) is 0 Å². The number of hydrogen-bond acceptors (Lipinski definition) is 2. The molecule has 4 atom stereocenters. The largest absolute Gasteiger partial charge is 0.311 e. The molecule has 0 radical (unpaired) electrons. The molecular formula is C17H36N2. The molecule has 1 heterocycles. The molecule has 0 amide bonds. The zero-order valence-corrected chi connectivity index (χ0v) is 14.3. The molecule has 1 saturated heterocycles. The van der Waals surface area contributed by atoms with Gasteiger partial charge in [0.25, 0.3) is 0 Å². The van der Waals surface area contributed by atoms with Crippen molar-refractivity contribution in [3.63, 3.8) is 0 Å². The summed E-state index contributed by atoms with van der Waals surface area (Å²) in [6.07, 6.45) is 3.88. The third kappa shape index (κ3) is 4.46. The summed E-state index contributed by atoms with van der Waals surface area (Å²) in [5, 5.41) is 3.81. The molecule has 1 aliphatic heterocycles. The van der Waals surface area contributed by atoms with E-state index in [1.165, 1.54) is 25.8 Å². The van der Waals surface area contributed by atoms with Crippen molar-refractivity contribution in [1.29, 1.82) is 0 Å². The fourth-order valence-corrected chi connectivity index (χ4v) is 3.34. The van der Waals surface area contributed by atoms with Gasteiger partial charge in [-0.1, -0.05) is 54.4 Å². The lowest BCUT2D eigenvalue weighted by atomic mass is 9.81. The Morgan fingerprint density at radius 2 is 1.84 bits per heavy atom. The summed E-state index contributed by atoms with van der Waals surface area (Å²) in [4.78, 5) is 2.79. The molecule has 0 aliphatic carbocycles. The van der Waals surface area contributed by atoms with Crippen LogP contribution in [-0.2, 0) is 0 Å². The Morgan fingerprint density at radius 3 is 2.32 bits per heavy atom. The summed E-state index contributed by atoms with van der Waals surface area (Å²) in [7, 11) is 0. The molecule has 19 heavy (non-hydrogen) atoms. The highest BCUT2D eigenvalue weighted by Crippen LogP contribution is 2.30. The Balaban J connectivity index is 2.80. The topological polar surface area (TPSA) is 15.3 Å². The summed E-state index contributed by atoms with van der Waals surface area (Å²) in [5.41, 5.74) is 0.357. The quantitative estimate of drug-likeness (QED) is 0.813. The average Bonchev–Trinajstić information content (AvgIpc) is 2.36. The molecule has 0 bridgehead atoms. The number of nitrogens with zero attached hydrogens (tertiary/aromatic N) is 1. The maximum atomic E-state index is 3.81. The molecule has 2 heteroatoms. The van der Waals surface area contributed by atoms with E-state index in [1.54, 1.807) is 0 Å². The number of rotatable bonds is 5. The maximum absolute atomic E-state index is 3.81. The minimum atomic E-state index is 0.357. The lowest BCUT2D eigenvalue weighted by Crippen LogP contribution is -2.63. The lowest BCUT2D eigenvalue weighted by Gasteiger charge is -2.50. The van der Waals surface area contributed by atoms with Crippen LogP contribution in [0.4, 0.5) is 0 Å². The second kappa shape index (κ2) is 7.08. The minimum Gasteiger partial charge on any atom is -0.311 e. The fraction of sp³-hybridized carbons (Fsp3) is 1.00. The van der Waals surface area contributed by atoms with Gasteiger partial charge in [0, 0.05) is 31.2 Å². The number of hydrogen-bond donors (Lipinski definition) is 1. The highest BCUT2D eigenvalue weighted by Gasteiger charge is 2.38. The lowest BCUT2D eigenvalue weighted by molar-refractivity contribution is 0.0135. The predicted molar refractivity (Wildman–Crippen MR) is 85.6 cm³/mol. The first-order valence-electron chi connectivity index (χ1n) is 8.30. The Kier molecular flexibility index (Phi) is 6.32. The predicted octanol–water partition coefficient (Wildman–Crippen LogP) is 3.91. The highest BCUT2D eigenvalue weighted by molar-refractivity contribution is 4.95. The normalized spacial score (nSPS) is 29.2. The minimum absolute atomic E-state index is 0.357. The van der Waals surface area contributed by atoms with E-state index in [1.807, 2.05) is 0 Å². The van der Waals surface area contributed by atoms with Crippen molar-refractivity contribution in [1.82, 2.24) is 10.2 Å². The van der Waals surface area contributed by atoms with Gasteiger partial charge in [-0.2, -0.15) is 0 Å². The van der Waals surface area contributed by atoms with Crippen LogP contribution in [0.15, 0.2) is 0 Å². The van der Waals surface area contributed by atoms with Crippen molar-refractivity contribution < 1.29 is 0 Å². The van der Waals surface area contributed by atoms with E-state index in [2.05, 4.69) is 58.7 Å². The van der Waals surface area contributed by atoms with Gasteiger partial charge in [-0.15, -0.1) is 0 Å². The van der Waals surface area contributed by atoms with E-state index in [-0.39, 0.29) is 0 Å². The van der Waals surface area contributed by atoms with Crippen LogP contribution in [0.2, 0.25) is 0 Å². The van der Waals surface area contributed by atoms with Gasteiger partial charge in [-0.25, -0.2) is 0 Å². The van der Waals surface area contributed by atoms with Crippen LogP contribution < -0.4 is 5.32 Å². The molecule has 1 fully saturated rings. The van der Waals surface area contributed by atoms with Crippen LogP contribution in [0.1, 0.15) is 67.7 Å². The SMILES string of the molecule is CCCC(C)N1CC(C(C)CC)NCC1C(C)(C)C. The van der Waals surface area contributed by atoms with Gasteiger partial charge in [0.05, 0.1) is 0 Å². The van der Waals surface area contributed by atoms with Crippen molar-refractivity contribution >= 4 is 0 Å². The van der Waals surface area contributed by atoms with Gasteiger partial charge in [0.15, 0.2) is 0 Å². The van der Waals surface area contributed by atoms with E-state index < -0.39 is 0 Å². The first-order valence-corrected chi connectivity index (χ1v) is 8.30. The Bertz CT molecular complexity index is 256. The van der Waals surface area contributed by atoms with Gasteiger partial charge in [-0.05, 0) is 24.7 Å². The Hall–Kier alpha value is -0.0800. The van der Waals surface area contributed by atoms with Gasteiger partial charge in [0.1, 0.15) is 0 Å². The van der Waals surface area contributed by atoms with Gasteiger partial charge in [-0.3, -0.25) is 4.90 Å². The van der Waals surface area contributed by atoms with Crippen molar-refractivity contribution in [2.75, 3.05) is 13.1 Å². The van der Waals surface area contributed by atoms with Crippen molar-refractivity contribution in [3.05, 3.63) is 0 Å². The monoisotopic (exact) mass is 268 g/mol. The molecule has 0 aromatic rings. The molecule has 0 aromatic heterocycles. The van der Waals surface area contributed by atoms with E-state index in [9.17, 15) is 0 Å². The van der Waals surface area contributed by atoms with E-state index >= 15 is 0 Å². The van der Waals surface area contributed by atoms with E-state index in [4.69, 9.17) is 0 Å². The van der Waals surface area contributed by atoms with Gasteiger partial charge < -0.3 is 5.32 Å². The van der Waals surface area contributed by atoms with Gasteiger partial charge >= 0.3 is 0 Å². The molecule has 1 aliphatic rings. The highest BCUT2D eigenvalue weighted by atomic mass is 15.3. The standard InChI is InChI=1S/C17H36N2/c1-8-10-14(4)19-12-15(13(3)9-2)18-11-16(19)17(5,6)7/h13-16,18H,8-12H2,1-7H3. The second-order valence-electron chi connectivity index (χ2n) is 7.62. The maximum Gasteiger partial charge on any atom is 0.0272 e. The molecule has 0 spiro atoms. The fourth-order valence-electron chi connectivity index (χ4n) is 3.34. The molecule has 0 saturated carbocycles. The molecule has 0 aromatic carbocycles. The summed E-state index contributed by atoms with van der Waals surface area (Å²) in [6, 6.07) is 2.04.